The molecule has 0 aliphatic carbocycles. The van der Waals surface area contributed by atoms with Crippen molar-refractivity contribution >= 4 is 27.7 Å². The second kappa shape index (κ2) is 9.38. The first kappa shape index (κ1) is 20.9. The zero-order chi connectivity index (χ0) is 19.0. The molecule has 0 saturated carbocycles. The van der Waals surface area contributed by atoms with Crippen molar-refractivity contribution in [2.45, 2.75) is 26.8 Å². The van der Waals surface area contributed by atoms with E-state index >= 15 is 0 Å². The molecule has 9 heteroatoms. The molecule has 0 spiro atoms. The van der Waals surface area contributed by atoms with E-state index < -0.39 is 33.8 Å². The predicted octanol–water partition coefficient (Wildman–Crippen LogP) is 1.08. The second-order valence-electron chi connectivity index (χ2n) is 5.25. The number of carbonyl (C=O) groups excluding carboxylic acids is 2. The van der Waals surface area contributed by atoms with Crippen molar-refractivity contribution < 1.29 is 27.3 Å². The average molecular weight is 372 g/mol. The molecule has 1 unspecified atom stereocenters. The Hall–Kier alpha value is -2.13. The fourth-order valence-electron chi connectivity index (χ4n) is 2.28. The molecule has 140 valence electrons. The Labute approximate surface area is 147 Å². The third-order valence-corrected chi connectivity index (χ3v) is 4.27. The maximum absolute atomic E-state index is 12.3. The topological polar surface area (TPSA) is 113 Å². The van der Waals surface area contributed by atoms with E-state index in [0.29, 0.717) is 0 Å². The zero-order valence-corrected chi connectivity index (χ0v) is 15.4. The Bertz CT molecular complexity index is 683. The molecule has 1 rings (SSSR count). The average Bonchev–Trinajstić information content (AvgIpc) is 2.55. The molecule has 0 heterocycles. The molecular weight excluding hydrogens is 348 g/mol. The highest BCUT2D eigenvalue weighted by Gasteiger charge is 2.27. The van der Waals surface area contributed by atoms with E-state index in [9.17, 15) is 18.0 Å². The van der Waals surface area contributed by atoms with Crippen molar-refractivity contribution in [1.82, 2.24) is 5.32 Å². The molecule has 8 nitrogen and oxygen atoms in total. The van der Waals surface area contributed by atoms with Crippen LogP contribution in [0.15, 0.2) is 24.3 Å². The van der Waals surface area contributed by atoms with Gasteiger partial charge in [-0.2, -0.15) is 8.42 Å². The Morgan fingerprint density at radius 1 is 1.16 bits per heavy atom. The van der Waals surface area contributed by atoms with Crippen LogP contribution in [0.1, 0.15) is 31.1 Å². The minimum Gasteiger partial charge on any atom is -0.464 e. The van der Waals surface area contributed by atoms with E-state index in [4.69, 9.17) is 9.29 Å². The Balaban J connectivity index is 2.90. The van der Waals surface area contributed by atoms with E-state index in [1.807, 2.05) is 13.8 Å². The van der Waals surface area contributed by atoms with Gasteiger partial charge in [0.15, 0.2) is 0 Å². The summed E-state index contributed by atoms with van der Waals surface area (Å²) in [6, 6.07) is 5.22. The SMILES string of the molecule is CCOC(=O)C(CS(=O)(=O)O)NC(=O)c1ccc(N(CC)CC)cc1. The van der Waals surface area contributed by atoms with Crippen molar-refractivity contribution in [1.29, 1.82) is 0 Å². The first-order valence-electron chi connectivity index (χ1n) is 7.99. The Morgan fingerprint density at radius 3 is 2.16 bits per heavy atom. The van der Waals surface area contributed by atoms with Crippen LogP contribution in [-0.2, 0) is 19.6 Å². The van der Waals surface area contributed by atoms with E-state index in [0.717, 1.165) is 18.8 Å². The van der Waals surface area contributed by atoms with Gasteiger partial charge in [0.1, 0.15) is 11.8 Å². The van der Waals surface area contributed by atoms with E-state index in [-0.39, 0.29) is 12.2 Å². The van der Waals surface area contributed by atoms with Crippen molar-refractivity contribution in [2.75, 3.05) is 30.3 Å². The van der Waals surface area contributed by atoms with Gasteiger partial charge in [-0.05, 0) is 45.0 Å². The van der Waals surface area contributed by atoms with Crippen molar-refractivity contribution in [3.63, 3.8) is 0 Å². The number of hydrogen-bond acceptors (Lipinski definition) is 6. The number of hydrogen-bond donors (Lipinski definition) is 2. The molecule has 0 aliphatic rings. The van der Waals surface area contributed by atoms with Gasteiger partial charge in [-0.3, -0.25) is 9.35 Å². The van der Waals surface area contributed by atoms with Crippen molar-refractivity contribution in [3.8, 4) is 0 Å². The molecule has 0 aliphatic heterocycles. The molecule has 1 aromatic carbocycles. The largest absolute Gasteiger partial charge is 0.464 e. The van der Waals surface area contributed by atoms with Crippen molar-refractivity contribution in [2.24, 2.45) is 0 Å². The van der Waals surface area contributed by atoms with Crippen LogP contribution in [0, 0.1) is 0 Å². The van der Waals surface area contributed by atoms with Crippen LogP contribution in [0.5, 0.6) is 0 Å². The molecule has 1 atom stereocenters. The van der Waals surface area contributed by atoms with Crippen LogP contribution < -0.4 is 10.2 Å². The number of rotatable bonds is 9. The fraction of sp³-hybridized carbons (Fsp3) is 0.500. The molecule has 0 aromatic heterocycles. The number of ether oxygens (including phenoxy) is 1. The van der Waals surface area contributed by atoms with E-state index in [2.05, 4.69) is 10.2 Å². The lowest BCUT2D eigenvalue weighted by Gasteiger charge is -2.21. The van der Waals surface area contributed by atoms with Gasteiger partial charge in [-0.15, -0.1) is 0 Å². The van der Waals surface area contributed by atoms with Gasteiger partial charge in [0.05, 0.1) is 6.61 Å². The van der Waals surface area contributed by atoms with Gasteiger partial charge in [0, 0.05) is 24.3 Å². The predicted molar refractivity (Wildman–Crippen MR) is 94.3 cm³/mol. The molecule has 1 amide bonds. The number of benzene rings is 1. The molecule has 0 bridgehead atoms. The quantitative estimate of drug-likeness (QED) is 0.492. The summed E-state index contributed by atoms with van der Waals surface area (Å²) in [4.78, 5) is 26.1. The minimum absolute atomic E-state index is 0.0231. The third kappa shape index (κ3) is 6.71. The van der Waals surface area contributed by atoms with Gasteiger partial charge in [-0.1, -0.05) is 0 Å². The molecule has 2 N–H and O–H groups in total. The molecule has 0 saturated heterocycles. The smallest absolute Gasteiger partial charge is 0.329 e. The summed E-state index contributed by atoms with van der Waals surface area (Å²) >= 11 is 0. The summed E-state index contributed by atoms with van der Waals surface area (Å²) in [6.07, 6.45) is 0. The number of esters is 1. The second-order valence-corrected chi connectivity index (χ2v) is 6.74. The first-order chi connectivity index (χ1) is 11.7. The maximum atomic E-state index is 12.3. The van der Waals surface area contributed by atoms with Gasteiger partial charge in [-0.25, -0.2) is 4.79 Å². The molecule has 1 aromatic rings. The zero-order valence-electron chi connectivity index (χ0n) is 14.6. The number of nitrogens with zero attached hydrogens (tertiary/aromatic N) is 1. The Kier molecular flexibility index (Phi) is 7.85. The summed E-state index contributed by atoms with van der Waals surface area (Å²) < 4.78 is 35.8. The maximum Gasteiger partial charge on any atom is 0.329 e. The van der Waals surface area contributed by atoms with Crippen LogP contribution in [0.3, 0.4) is 0 Å². The number of amides is 1. The van der Waals surface area contributed by atoms with Gasteiger partial charge in [0.25, 0.3) is 16.0 Å². The van der Waals surface area contributed by atoms with Crippen LogP contribution in [0.2, 0.25) is 0 Å². The van der Waals surface area contributed by atoms with Gasteiger partial charge < -0.3 is 15.0 Å². The lowest BCUT2D eigenvalue weighted by atomic mass is 10.1. The highest BCUT2D eigenvalue weighted by atomic mass is 32.2. The molecular formula is C16H24N2O6S. The highest BCUT2D eigenvalue weighted by molar-refractivity contribution is 7.85. The van der Waals surface area contributed by atoms with E-state index in [1.54, 1.807) is 31.2 Å². The number of nitrogens with one attached hydrogen (secondary N) is 1. The third-order valence-electron chi connectivity index (χ3n) is 3.51. The highest BCUT2D eigenvalue weighted by Crippen LogP contribution is 2.15. The van der Waals surface area contributed by atoms with Gasteiger partial charge >= 0.3 is 5.97 Å². The summed E-state index contributed by atoms with van der Waals surface area (Å²) in [7, 11) is -4.46. The lowest BCUT2D eigenvalue weighted by Crippen LogP contribution is -2.46. The van der Waals surface area contributed by atoms with Crippen molar-refractivity contribution in [3.05, 3.63) is 29.8 Å². The molecule has 0 radical (unpaired) electrons. The van der Waals surface area contributed by atoms with Crippen LogP contribution in [-0.4, -0.2) is 56.3 Å². The first-order valence-corrected chi connectivity index (χ1v) is 9.60. The molecule has 25 heavy (non-hydrogen) atoms. The van der Waals surface area contributed by atoms with E-state index in [1.165, 1.54) is 0 Å². The summed E-state index contributed by atoms with van der Waals surface area (Å²) in [5.41, 5.74) is 1.21. The molecule has 0 fully saturated rings. The number of carbonyl (C=O) groups is 2. The van der Waals surface area contributed by atoms with Gasteiger partial charge in [0.2, 0.25) is 0 Å². The lowest BCUT2D eigenvalue weighted by molar-refractivity contribution is -0.144. The summed E-state index contributed by atoms with van der Waals surface area (Å²) in [6.45, 7) is 7.25. The fourth-order valence-corrected chi connectivity index (χ4v) is 2.92. The standard InChI is InChI=1S/C16H24N2O6S/c1-4-18(5-2)13-9-7-12(8-10-13)15(19)17-14(11-25(21,22)23)16(20)24-6-3/h7-10,14H,4-6,11H2,1-3H3,(H,17,19)(H,21,22,23). The monoisotopic (exact) mass is 372 g/mol. The summed E-state index contributed by atoms with van der Waals surface area (Å²) in [5.74, 6) is -2.50. The minimum atomic E-state index is -4.46. The van der Waals surface area contributed by atoms with Crippen LogP contribution in [0.4, 0.5) is 5.69 Å². The summed E-state index contributed by atoms with van der Waals surface area (Å²) in [5, 5.41) is 2.28. The van der Waals surface area contributed by atoms with Crippen LogP contribution >= 0.6 is 0 Å². The van der Waals surface area contributed by atoms with Crippen LogP contribution in [0.25, 0.3) is 0 Å². The number of anilines is 1. The normalized spacial score (nSPS) is 12.3. The Morgan fingerprint density at radius 2 is 1.72 bits per heavy atom.